The lowest BCUT2D eigenvalue weighted by atomic mass is 10.2. The summed E-state index contributed by atoms with van der Waals surface area (Å²) in [5, 5.41) is 3.32. The Labute approximate surface area is 104 Å². The summed E-state index contributed by atoms with van der Waals surface area (Å²) in [5.41, 5.74) is 2.03. The summed E-state index contributed by atoms with van der Waals surface area (Å²) in [6.45, 7) is 9.89. The lowest BCUT2D eigenvalue weighted by Gasteiger charge is -2.15. The highest BCUT2D eigenvalue weighted by Gasteiger charge is 2.08. The van der Waals surface area contributed by atoms with Crippen LogP contribution in [0.15, 0.2) is 16.9 Å². The van der Waals surface area contributed by atoms with Crippen LogP contribution >= 0.6 is 0 Å². The summed E-state index contributed by atoms with van der Waals surface area (Å²) < 4.78 is 1.86. The number of pyridine rings is 1. The maximum Gasteiger partial charge on any atom is 0.255 e. The quantitative estimate of drug-likeness (QED) is 0.770. The third-order valence-corrected chi connectivity index (χ3v) is 2.94. The first-order valence-electron chi connectivity index (χ1n) is 6.49. The lowest BCUT2D eigenvalue weighted by molar-refractivity contribution is 0.551. The molecule has 0 saturated carbocycles. The molecule has 1 aromatic heterocycles. The number of hydrogen-bond acceptors (Lipinski definition) is 2. The second-order valence-electron chi connectivity index (χ2n) is 4.80. The van der Waals surface area contributed by atoms with Crippen LogP contribution in [-0.4, -0.2) is 11.1 Å². The monoisotopic (exact) mass is 236 g/mol. The fourth-order valence-electron chi connectivity index (χ4n) is 1.99. The maximum atomic E-state index is 12.2. The molecule has 3 nitrogen and oxygen atoms in total. The fourth-order valence-corrected chi connectivity index (χ4v) is 1.99. The molecule has 96 valence electrons. The number of nitrogens with one attached hydrogen (secondary N) is 1. The van der Waals surface area contributed by atoms with Crippen molar-refractivity contribution in [2.24, 2.45) is 0 Å². The summed E-state index contributed by atoms with van der Waals surface area (Å²) in [5.74, 6) is 0. The normalized spacial score (nSPS) is 11.1. The highest BCUT2D eigenvalue weighted by molar-refractivity contribution is 5.16. The Morgan fingerprint density at radius 2 is 2.06 bits per heavy atom. The molecule has 0 amide bonds. The Kier molecular flexibility index (Phi) is 5.42. The van der Waals surface area contributed by atoms with Crippen molar-refractivity contribution >= 4 is 0 Å². The van der Waals surface area contributed by atoms with E-state index in [2.05, 4.69) is 12.2 Å². The number of hydrogen-bond donors (Lipinski definition) is 1. The van der Waals surface area contributed by atoms with Crippen LogP contribution in [0.3, 0.4) is 0 Å². The van der Waals surface area contributed by atoms with E-state index in [4.69, 9.17) is 0 Å². The lowest BCUT2D eigenvalue weighted by Crippen LogP contribution is -2.29. The minimum Gasteiger partial charge on any atom is -0.312 e. The Bertz CT molecular complexity index is 407. The molecule has 0 aromatic carbocycles. The van der Waals surface area contributed by atoms with E-state index in [9.17, 15) is 4.79 Å². The van der Waals surface area contributed by atoms with Gasteiger partial charge < -0.3 is 9.88 Å². The molecule has 0 unspecified atom stereocenters. The first-order chi connectivity index (χ1) is 8.07. The molecule has 0 radical (unpaired) electrons. The molecule has 0 aliphatic rings. The zero-order valence-corrected chi connectivity index (χ0v) is 11.4. The van der Waals surface area contributed by atoms with E-state index < -0.39 is 0 Å². The van der Waals surface area contributed by atoms with Crippen molar-refractivity contribution in [3.05, 3.63) is 33.7 Å². The van der Waals surface area contributed by atoms with Crippen molar-refractivity contribution in [3.63, 3.8) is 0 Å². The Morgan fingerprint density at radius 1 is 1.35 bits per heavy atom. The van der Waals surface area contributed by atoms with Crippen molar-refractivity contribution in [3.8, 4) is 0 Å². The number of aryl methyl sites for hydroxylation is 1. The van der Waals surface area contributed by atoms with Crippen LogP contribution in [0.2, 0.25) is 0 Å². The minimum atomic E-state index is 0.143. The molecule has 17 heavy (non-hydrogen) atoms. The summed E-state index contributed by atoms with van der Waals surface area (Å²) >= 11 is 0. The van der Waals surface area contributed by atoms with E-state index in [0.717, 1.165) is 24.2 Å². The van der Waals surface area contributed by atoms with Gasteiger partial charge in [0.15, 0.2) is 0 Å². The van der Waals surface area contributed by atoms with Gasteiger partial charge in [0.25, 0.3) is 5.56 Å². The van der Waals surface area contributed by atoms with E-state index in [1.165, 1.54) is 6.42 Å². The number of rotatable bonds is 6. The molecule has 0 fully saturated rings. The second-order valence-corrected chi connectivity index (χ2v) is 4.80. The molecule has 0 aliphatic carbocycles. The molecule has 0 bridgehead atoms. The smallest absolute Gasteiger partial charge is 0.255 e. The second kappa shape index (κ2) is 6.60. The minimum absolute atomic E-state index is 0.143. The van der Waals surface area contributed by atoms with Crippen LogP contribution in [0.4, 0.5) is 0 Å². The Morgan fingerprint density at radius 3 is 2.65 bits per heavy atom. The third kappa shape index (κ3) is 3.70. The van der Waals surface area contributed by atoms with E-state index >= 15 is 0 Å². The van der Waals surface area contributed by atoms with Crippen molar-refractivity contribution in [1.82, 2.24) is 9.88 Å². The van der Waals surface area contributed by atoms with E-state index in [0.29, 0.717) is 6.54 Å². The summed E-state index contributed by atoms with van der Waals surface area (Å²) in [6.07, 6.45) is 2.33. The van der Waals surface area contributed by atoms with Gasteiger partial charge in [-0.05, 0) is 39.8 Å². The molecule has 1 rings (SSSR count). The SMILES string of the molecule is CCCCNCc1ccc(C)n(C(C)C)c1=O. The fraction of sp³-hybridized carbons (Fsp3) is 0.643. The van der Waals surface area contributed by atoms with E-state index in [1.807, 2.05) is 37.5 Å². The van der Waals surface area contributed by atoms with Gasteiger partial charge >= 0.3 is 0 Å². The van der Waals surface area contributed by atoms with Gasteiger partial charge in [-0.2, -0.15) is 0 Å². The largest absolute Gasteiger partial charge is 0.312 e. The zero-order chi connectivity index (χ0) is 12.8. The maximum absolute atomic E-state index is 12.2. The number of aromatic nitrogens is 1. The van der Waals surface area contributed by atoms with Crippen LogP contribution in [0.5, 0.6) is 0 Å². The molecular weight excluding hydrogens is 212 g/mol. The summed E-state index contributed by atoms with van der Waals surface area (Å²) in [4.78, 5) is 12.2. The van der Waals surface area contributed by atoms with Crippen LogP contribution < -0.4 is 10.9 Å². The highest BCUT2D eigenvalue weighted by Crippen LogP contribution is 2.06. The van der Waals surface area contributed by atoms with Crippen LogP contribution in [0, 0.1) is 6.92 Å². The molecule has 0 saturated heterocycles. The Balaban J connectivity index is 2.81. The van der Waals surface area contributed by atoms with Crippen molar-refractivity contribution in [2.75, 3.05) is 6.54 Å². The van der Waals surface area contributed by atoms with Gasteiger partial charge in [0.05, 0.1) is 0 Å². The predicted molar refractivity (Wildman–Crippen MR) is 72.4 cm³/mol. The van der Waals surface area contributed by atoms with Crippen LogP contribution in [0.1, 0.15) is 50.9 Å². The molecular formula is C14H24N2O. The first-order valence-corrected chi connectivity index (χ1v) is 6.49. The third-order valence-electron chi connectivity index (χ3n) is 2.94. The van der Waals surface area contributed by atoms with Crippen molar-refractivity contribution in [2.45, 2.75) is 53.1 Å². The first kappa shape index (κ1) is 14.0. The topological polar surface area (TPSA) is 34.0 Å². The highest BCUT2D eigenvalue weighted by atomic mass is 16.1. The molecule has 3 heteroatoms. The molecule has 0 spiro atoms. The summed E-state index contributed by atoms with van der Waals surface area (Å²) in [7, 11) is 0. The average Bonchev–Trinajstić information content (AvgIpc) is 2.26. The molecule has 0 aliphatic heterocycles. The predicted octanol–water partition coefficient (Wildman–Crippen LogP) is 2.63. The van der Waals surface area contributed by atoms with Gasteiger partial charge in [-0.25, -0.2) is 0 Å². The molecule has 1 N–H and O–H groups in total. The van der Waals surface area contributed by atoms with Gasteiger partial charge in [0, 0.05) is 23.8 Å². The van der Waals surface area contributed by atoms with Gasteiger partial charge in [-0.15, -0.1) is 0 Å². The molecule has 1 aromatic rings. The summed E-state index contributed by atoms with van der Waals surface area (Å²) in [6, 6.07) is 4.19. The zero-order valence-electron chi connectivity index (χ0n) is 11.4. The standard InChI is InChI=1S/C14H24N2O/c1-5-6-9-15-10-13-8-7-12(4)16(11(2)3)14(13)17/h7-8,11,15H,5-6,9-10H2,1-4H3. The van der Waals surface area contributed by atoms with Gasteiger partial charge in [-0.1, -0.05) is 19.4 Å². The van der Waals surface area contributed by atoms with Crippen molar-refractivity contribution in [1.29, 1.82) is 0 Å². The molecule has 0 atom stereocenters. The van der Waals surface area contributed by atoms with Gasteiger partial charge in [0.1, 0.15) is 0 Å². The van der Waals surface area contributed by atoms with Crippen molar-refractivity contribution < 1.29 is 0 Å². The van der Waals surface area contributed by atoms with E-state index in [-0.39, 0.29) is 11.6 Å². The number of unbranched alkanes of at least 4 members (excludes halogenated alkanes) is 1. The Hall–Kier alpha value is -1.09. The van der Waals surface area contributed by atoms with Gasteiger partial charge in [-0.3, -0.25) is 4.79 Å². The average molecular weight is 236 g/mol. The number of nitrogens with zero attached hydrogens (tertiary/aromatic N) is 1. The van der Waals surface area contributed by atoms with Gasteiger partial charge in [0.2, 0.25) is 0 Å². The van der Waals surface area contributed by atoms with Crippen LogP contribution in [0.25, 0.3) is 0 Å². The van der Waals surface area contributed by atoms with E-state index in [1.54, 1.807) is 0 Å². The molecule has 1 heterocycles. The van der Waals surface area contributed by atoms with Crippen LogP contribution in [-0.2, 0) is 6.54 Å².